The molecular formula is C23H27N3O4. The summed E-state index contributed by atoms with van der Waals surface area (Å²) in [4.78, 5) is 28.6. The zero-order chi connectivity index (χ0) is 20.9. The van der Waals surface area contributed by atoms with Crippen molar-refractivity contribution < 1.29 is 19.1 Å². The van der Waals surface area contributed by atoms with Crippen LogP contribution in [-0.4, -0.2) is 54.8 Å². The number of urea groups is 1. The van der Waals surface area contributed by atoms with Crippen LogP contribution in [0.15, 0.2) is 54.6 Å². The fourth-order valence-corrected chi connectivity index (χ4v) is 4.15. The lowest BCUT2D eigenvalue weighted by Gasteiger charge is -2.37. The number of hydrogen-bond donors (Lipinski definition) is 1. The summed E-state index contributed by atoms with van der Waals surface area (Å²) < 4.78 is 10.5. The minimum atomic E-state index is -0.258. The molecule has 7 heteroatoms. The first-order chi connectivity index (χ1) is 14.7. The van der Waals surface area contributed by atoms with Crippen LogP contribution in [0.25, 0.3) is 0 Å². The van der Waals surface area contributed by atoms with E-state index in [2.05, 4.69) is 5.32 Å². The molecule has 2 fully saturated rings. The Hall–Kier alpha value is -3.22. The van der Waals surface area contributed by atoms with E-state index in [4.69, 9.17) is 9.47 Å². The maximum atomic E-state index is 12.6. The van der Waals surface area contributed by atoms with Crippen molar-refractivity contribution >= 4 is 12.1 Å². The van der Waals surface area contributed by atoms with Gasteiger partial charge in [-0.25, -0.2) is 9.59 Å². The molecule has 0 bridgehead atoms. The van der Waals surface area contributed by atoms with Gasteiger partial charge in [0.2, 0.25) is 0 Å². The van der Waals surface area contributed by atoms with E-state index in [1.54, 1.807) is 7.11 Å². The van der Waals surface area contributed by atoms with Crippen LogP contribution in [0.4, 0.5) is 9.59 Å². The van der Waals surface area contributed by atoms with Crippen LogP contribution < -0.4 is 10.1 Å². The normalized spacial score (nSPS) is 19.5. The zero-order valence-corrected chi connectivity index (χ0v) is 17.1. The van der Waals surface area contributed by atoms with Crippen molar-refractivity contribution in [3.8, 4) is 5.75 Å². The molecule has 2 saturated heterocycles. The van der Waals surface area contributed by atoms with E-state index >= 15 is 0 Å². The van der Waals surface area contributed by atoms with Crippen LogP contribution in [0.1, 0.15) is 30.0 Å². The molecule has 0 radical (unpaired) electrons. The lowest BCUT2D eigenvalue weighted by molar-refractivity contribution is 0.113. The topological polar surface area (TPSA) is 71.1 Å². The van der Waals surface area contributed by atoms with Crippen LogP contribution >= 0.6 is 0 Å². The fourth-order valence-electron chi connectivity index (χ4n) is 4.15. The number of nitrogens with zero attached hydrogens (tertiary/aromatic N) is 2. The molecule has 30 heavy (non-hydrogen) atoms. The summed E-state index contributed by atoms with van der Waals surface area (Å²) in [5, 5.41) is 2.97. The van der Waals surface area contributed by atoms with E-state index < -0.39 is 0 Å². The van der Waals surface area contributed by atoms with Crippen LogP contribution in [0.5, 0.6) is 5.75 Å². The predicted molar refractivity (Wildman–Crippen MR) is 112 cm³/mol. The van der Waals surface area contributed by atoms with E-state index in [1.165, 1.54) is 0 Å². The van der Waals surface area contributed by atoms with Gasteiger partial charge >= 0.3 is 12.1 Å². The fraction of sp³-hybridized carbons (Fsp3) is 0.391. The minimum Gasteiger partial charge on any atom is -0.497 e. The quantitative estimate of drug-likeness (QED) is 0.820. The van der Waals surface area contributed by atoms with Gasteiger partial charge in [-0.3, -0.25) is 4.90 Å². The molecule has 1 atom stereocenters. The van der Waals surface area contributed by atoms with Gasteiger partial charge in [-0.05, 0) is 36.1 Å². The molecule has 4 rings (SSSR count). The van der Waals surface area contributed by atoms with Gasteiger partial charge in [-0.15, -0.1) is 0 Å². The number of cyclic esters (lactones) is 1. The lowest BCUT2D eigenvalue weighted by Crippen LogP contribution is -2.50. The van der Waals surface area contributed by atoms with Crippen molar-refractivity contribution in [3.63, 3.8) is 0 Å². The maximum Gasteiger partial charge on any atom is 0.410 e. The van der Waals surface area contributed by atoms with Gasteiger partial charge < -0.3 is 19.7 Å². The number of amides is 3. The molecule has 3 amide bonds. The Kier molecular flexibility index (Phi) is 6.07. The second-order valence-electron chi connectivity index (χ2n) is 7.64. The highest BCUT2D eigenvalue weighted by molar-refractivity contribution is 5.74. The summed E-state index contributed by atoms with van der Waals surface area (Å²) in [6.45, 7) is 2.08. The molecule has 0 spiro atoms. The average Bonchev–Trinajstić information content (AvgIpc) is 3.20. The van der Waals surface area contributed by atoms with E-state index in [0.717, 1.165) is 29.7 Å². The number of likely N-dealkylation sites (tertiary alicyclic amines) is 1. The smallest absolute Gasteiger partial charge is 0.410 e. The summed E-state index contributed by atoms with van der Waals surface area (Å²) in [6.07, 6.45) is 1.23. The van der Waals surface area contributed by atoms with E-state index in [0.29, 0.717) is 26.2 Å². The molecule has 0 aliphatic carbocycles. The highest BCUT2D eigenvalue weighted by Gasteiger charge is 2.40. The maximum absolute atomic E-state index is 12.6. The number of benzene rings is 2. The molecule has 2 aromatic carbocycles. The van der Waals surface area contributed by atoms with Crippen LogP contribution in [0.2, 0.25) is 0 Å². The van der Waals surface area contributed by atoms with Crippen molar-refractivity contribution in [2.45, 2.75) is 31.5 Å². The van der Waals surface area contributed by atoms with Gasteiger partial charge in [-0.2, -0.15) is 0 Å². The Morgan fingerprint density at radius 2 is 1.80 bits per heavy atom. The second kappa shape index (κ2) is 9.07. The zero-order valence-electron chi connectivity index (χ0n) is 17.1. The Morgan fingerprint density at radius 1 is 1.10 bits per heavy atom. The van der Waals surface area contributed by atoms with Crippen molar-refractivity contribution in [3.05, 3.63) is 65.7 Å². The Morgan fingerprint density at radius 3 is 2.47 bits per heavy atom. The largest absolute Gasteiger partial charge is 0.497 e. The van der Waals surface area contributed by atoms with Crippen molar-refractivity contribution in [1.29, 1.82) is 0 Å². The molecule has 7 nitrogen and oxygen atoms in total. The monoisotopic (exact) mass is 409 g/mol. The first-order valence-electron chi connectivity index (χ1n) is 10.3. The third kappa shape index (κ3) is 4.35. The minimum absolute atomic E-state index is 0.0563. The third-order valence-corrected chi connectivity index (χ3v) is 5.84. The number of piperidine rings is 1. The van der Waals surface area contributed by atoms with Crippen molar-refractivity contribution in [1.82, 2.24) is 15.1 Å². The molecule has 0 aromatic heterocycles. The van der Waals surface area contributed by atoms with Gasteiger partial charge in [-0.1, -0.05) is 42.5 Å². The van der Waals surface area contributed by atoms with Gasteiger partial charge in [0.1, 0.15) is 12.4 Å². The standard InChI is InChI=1S/C23H27N3O4/c1-29-20-9-7-17(8-10-20)15-24-22(27)25-13-11-19(12-14-25)26-21(16-30-23(26)28)18-5-3-2-4-6-18/h2-10,19,21H,11-16H2,1H3,(H,24,27). The summed E-state index contributed by atoms with van der Waals surface area (Å²) in [6, 6.07) is 17.6. The third-order valence-electron chi connectivity index (χ3n) is 5.84. The molecule has 1 unspecified atom stereocenters. The van der Waals surface area contributed by atoms with Gasteiger partial charge in [0.25, 0.3) is 0 Å². The Labute approximate surface area is 176 Å². The van der Waals surface area contributed by atoms with Crippen molar-refractivity contribution in [2.24, 2.45) is 0 Å². The SMILES string of the molecule is COc1ccc(CNC(=O)N2CCC(N3C(=O)OCC3c3ccccc3)CC2)cc1. The predicted octanol–water partition coefficient (Wildman–Crippen LogP) is 3.56. The second-order valence-corrected chi connectivity index (χ2v) is 7.64. The number of rotatable bonds is 5. The molecular weight excluding hydrogens is 382 g/mol. The molecule has 158 valence electrons. The molecule has 2 aliphatic rings. The lowest BCUT2D eigenvalue weighted by atomic mass is 9.99. The number of hydrogen-bond acceptors (Lipinski definition) is 4. The molecule has 0 saturated carbocycles. The van der Waals surface area contributed by atoms with Crippen molar-refractivity contribution in [2.75, 3.05) is 26.8 Å². The molecule has 2 aromatic rings. The van der Waals surface area contributed by atoms with Gasteiger partial charge in [0.15, 0.2) is 0 Å². The van der Waals surface area contributed by atoms with Crippen LogP contribution in [0, 0.1) is 0 Å². The Balaban J connectivity index is 1.30. The number of nitrogens with one attached hydrogen (secondary N) is 1. The van der Waals surface area contributed by atoms with Gasteiger partial charge in [0, 0.05) is 25.7 Å². The molecule has 2 aliphatic heterocycles. The van der Waals surface area contributed by atoms with E-state index in [1.807, 2.05) is 64.4 Å². The van der Waals surface area contributed by atoms with Gasteiger partial charge in [0.05, 0.1) is 13.2 Å². The van der Waals surface area contributed by atoms with Crippen LogP contribution in [-0.2, 0) is 11.3 Å². The summed E-state index contributed by atoms with van der Waals surface area (Å²) in [5.41, 5.74) is 2.10. The average molecular weight is 409 g/mol. The summed E-state index contributed by atoms with van der Waals surface area (Å²) in [5.74, 6) is 0.793. The molecule has 2 heterocycles. The van der Waals surface area contributed by atoms with Crippen LogP contribution in [0.3, 0.4) is 0 Å². The summed E-state index contributed by atoms with van der Waals surface area (Å²) >= 11 is 0. The number of carbonyl (C=O) groups excluding carboxylic acids is 2. The highest BCUT2D eigenvalue weighted by atomic mass is 16.6. The molecule has 1 N–H and O–H groups in total. The Bertz CT molecular complexity index is 864. The van der Waals surface area contributed by atoms with E-state index in [9.17, 15) is 9.59 Å². The highest BCUT2D eigenvalue weighted by Crippen LogP contribution is 2.33. The summed E-state index contributed by atoms with van der Waals surface area (Å²) in [7, 11) is 1.63. The number of ether oxygens (including phenoxy) is 2. The first-order valence-corrected chi connectivity index (χ1v) is 10.3. The van der Waals surface area contributed by atoms with E-state index in [-0.39, 0.29) is 24.2 Å². The number of methoxy groups -OCH3 is 1. The number of carbonyl (C=O) groups is 2. The first kappa shape index (κ1) is 20.1.